The molecule has 142 valence electrons. The monoisotopic (exact) mass is 454 g/mol. The van der Waals surface area contributed by atoms with Crippen LogP contribution >= 0.6 is 27.7 Å². The summed E-state index contributed by atoms with van der Waals surface area (Å²) in [6, 6.07) is 17.9. The molecule has 4 nitrogen and oxygen atoms in total. The van der Waals surface area contributed by atoms with Crippen LogP contribution in [0.2, 0.25) is 0 Å². The molecule has 2 aromatic rings. The number of allylic oxidation sites excluding steroid dienone is 1. The molecule has 0 saturated heterocycles. The highest BCUT2D eigenvalue weighted by Crippen LogP contribution is 2.47. The van der Waals surface area contributed by atoms with Gasteiger partial charge in [-0.3, -0.25) is 0 Å². The first-order chi connectivity index (χ1) is 13.6. The Labute approximate surface area is 177 Å². The molecule has 0 N–H and O–H groups in total. The molecular weight excluding hydrogens is 436 g/mol. The number of amidine groups is 1. The third-order valence-electron chi connectivity index (χ3n) is 4.66. The van der Waals surface area contributed by atoms with E-state index in [1.165, 1.54) is 0 Å². The predicted molar refractivity (Wildman–Crippen MR) is 118 cm³/mol. The van der Waals surface area contributed by atoms with Gasteiger partial charge in [-0.2, -0.15) is 0 Å². The van der Waals surface area contributed by atoms with Gasteiger partial charge in [-0.05, 0) is 37.1 Å². The highest BCUT2D eigenvalue weighted by atomic mass is 79.9. The van der Waals surface area contributed by atoms with E-state index in [2.05, 4.69) is 38.4 Å². The molecule has 0 spiro atoms. The van der Waals surface area contributed by atoms with Crippen LogP contribution in [0, 0.1) is 0 Å². The molecule has 1 atom stereocenters. The predicted octanol–water partition coefficient (Wildman–Crippen LogP) is 5.74. The number of thioether (sulfide) groups is 1. The molecule has 6 heteroatoms. The van der Waals surface area contributed by atoms with Gasteiger partial charge in [0.2, 0.25) is 0 Å². The van der Waals surface area contributed by atoms with Gasteiger partial charge in [0.05, 0.1) is 29.6 Å². The quantitative estimate of drug-likeness (QED) is 0.551. The number of hydrogen-bond donors (Lipinski definition) is 0. The van der Waals surface area contributed by atoms with Crippen LogP contribution in [-0.4, -0.2) is 22.6 Å². The van der Waals surface area contributed by atoms with E-state index in [-0.39, 0.29) is 12.0 Å². The summed E-state index contributed by atoms with van der Waals surface area (Å²) < 4.78 is 6.36. The molecule has 2 aliphatic rings. The molecule has 0 bridgehead atoms. The van der Waals surface area contributed by atoms with Crippen LogP contribution in [0.1, 0.15) is 31.0 Å². The lowest BCUT2D eigenvalue weighted by Gasteiger charge is -2.36. The Morgan fingerprint density at radius 2 is 2.00 bits per heavy atom. The van der Waals surface area contributed by atoms with Crippen molar-refractivity contribution in [2.45, 2.75) is 19.9 Å². The number of ether oxygens (including phenoxy) is 1. The number of carbonyl (C=O) groups excluding carboxylic acids is 1. The first-order valence-electron chi connectivity index (χ1n) is 9.03. The number of fused-ring (bicyclic) bond motifs is 1. The van der Waals surface area contributed by atoms with Gasteiger partial charge in [-0.15, -0.1) is 0 Å². The van der Waals surface area contributed by atoms with Crippen molar-refractivity contribution in [2.24, 2.45) is 4.99 Å². The summed E-state index contributed by atoms with van der Waals surface area (Å²) in [5, 5.41) is 2.97. The second kappa shape index (κ2) is 7.97. The highest BCUT2D eigenvalue weighted by Gasteiger charge is 2.41. The second-order valence-electron chi connectivity index (χ2n) is 6.43. The summed E-state index contributed by atoms with van der Waals surface area (Å²) in [4.78, 5) is 19.8. The van der Waals surface area contributed by atoms with E-state index < -0.39 is 0 Å². The maximum absolute atomic E-state index is 12.9. The normalized spacial score (nSPS) is 18.5. The molecule has 2 aliphatic heterocycles. The largest absolute Gasteiger partial charge is 0.463 e. The third-order valence-corrected chi connectivity index (χ3v) is 5.99. The van der Waals surface area contributed by atoms with E-state index in [1.54, 1.807) is 11.8 Å². The van der Waals surface area contributed by atoms with Crippen molar-refractivity contribution in [3.8, 4) is 0 Å². The molecule has 28 heavy (non-hydrogen) atoms. The molecule has 0 radical (unpaired) electrons. The standard InChI is InChI=1S/C22H19BrN2O2S/c1-3-27-21(26)19-14(2)24-22-25(20(19)16-10-7-11-17(23)12-16)18(13-28-22)15-8-5-4-6-9-15/h4-13,20H,3H2,1-2H3/t20-/m0/s1. The molecule has 0 fully saturated rings. The maximum atomic E-state index is 12.9. The van der Waals surface area contributed by atoms with Crippen LogP contribution in [0.15, 0.2) is 80.7 Å². The Kier molecular flexibility index (Phi) is 5.42. The lowest BCUT2D eigenvalue weighted by Crippen LogP contribution is -2.36. The van der Waals surface area contributed by atoms with Crippen molar-refractivity contribution in [1.82, 2.24) is 4.90 Å². The van der Waals surface area contributed by atoms with Crippen molar-refractivity contribution < 1.29 is 9.53 Å². The number of hydrogen-bond acceptors (Lipinski definition) is 5. The zero-order valence-electron chi connectivity index (χ0n) is 15.6. The Hall–Kier alpha value is -2.31. The molecule has 4 rings (SSSR count). The van der Waals surface area contributed by atoms with Crippen molar-refractivity contribution in [2.75, 3.05) is 6.61 Å². The maximum Gasteiger partial charge on any atom is 0.338 e. The van der Waals surface area contributed by atoms with Crippen molar-refractivity contribution in [3.05, 3.63) is 86.9 Å². The number of halogens is 1. The third kappa shape index (κ3) is 3.42. The van der Waals surface area contributed by atoms with E-state index in [0.717, 1.165) is 26.5 Å². The topological polar surface area (TPSA) is 41.9 Å². The minimum Gasteiger partial charge on any atom is -0.463 e. The van der Waals surface area contributed by atoms with Crippen LogP contribution in [0.4, 0.5) is 0 Å². The lowest BCUT2D eigenvalue weighted by molar-refractivity contribution is -0.139. The van der Waals surface area contributed by atoms with Gasteiger partial charge in [0.25, 0.3) is 0 Å². The summed E-state index contributed by atoms with van der Waals surface area (Å²) in [5.74, 6) is -0.322. The summed E-state index contributed by atoms with van der Waals surface area (Å²) in [5.41, 5.74) is 4.40. The van der Waals surface area contributed by atoms with Crippen molar-refractivity contribution >= 4 is 44.5 Å². The van der Waals surface area contributed by atoms with Gasteiger partial charge in [-0.25, -0.2) is 9.79 Å². The van der Waals surface area contributed by atoms with E-state index in [9.17, 15) is 4.79 Å². The number of rotatable bonds is 4. The number of benzene rings is 2. The fourth-order valence-electron chi connectivity index (χ4n) is 3.46. The Bertz CT molecular complexity index is 1010. The molecule has 2 heterocycles. The van der Waals surface area contributed by atoms with Gasteiger partial charge < -0.3 is 9.64 Å². The number of aliphatic imine (C=N–C) groups is 1. The summed E-state index contributed by atoms with van der Waals surface area (Å²) in [6.45, 7) is 4.02. The minimum atomic E-state index is -0.322. The SMILES string of the molecule is CCOC(=O)C1=C(C)N=C2SC=C(c3ccccc3)N2[C@H]1c1cccc(Br)c1. The van der Waals surface area contributed by atoms with Gasteiger partial charge in [0, 0.05) is 9.88 Å². The van der Waals surface area contributed by atoms with Gasteiger partial charge >= 0.3 is 5.97 Å². The van der Waals surface area contributed by atoms with Gasteiger partial charge in [0.1, 0.15) is 0 Å². The zero-order chi connectivity index (χ0) is 19.7. The fourth-order valence-corrected chi connectivity index (χ4v) is 4.85. The first kappa shape index (κ1) is 19.0. The molecule has 2 aromatic carbocycles. The molecule has 0 unspecified atom stereocenters. The van der Waals surface area contributed by atoms with E-state index in [4.69, 9.17) is 9.73 Å². The van der Waals surface area contributed by atoms with Crippen molar-refractivity contribution in [1.29, 1.82) is 0 Å². The van der Waals surface area contributed by atoms with Gasteiger partial charge in [0.15, 0.2) is 5.17 Å². The van der Waals surface area contributed by atoms with Crippen molar-refractivity contribution in [3.63, 3.8) is 0 Å². The molecule has 0 aromatic heterocycles. The Balaban J connectivity index is 1.88. The Morgan fingerprint density at radius 1 is 1.21 bits per heavy atom. The van der Waals surface area contributed by atoms with Crippen LogP contribution in [-0.2, 0) is 9.53 Å². The molecule has 0 saturated carbocycles. The van der Waals surface area contributed by atoms with Gasteiger partial charge in [-0.1, -0.05) is 70.2 Å². The zero-order valence-corrected chi connectivity index (χ0v) is 18.0. The highest BCUT2D eigenvalue weighted by molar-refractivity contribution is 9.10. The smallest absolute Gasteiger partial charge is 0.338 e. The molecule has 0 amide bonds. The van der Waals surface area contributed by atoms with Crippen LogP contribution < -0.4 is 0 Å². The average molecular weight is 455 g/mol. The second-order valence-corrected chi connectivity index (χ2v) is 8.18. The van der Waals surface area contributed by atoms with Crippen LogP contribution in [0.25, 0.3) is 5.70 Å². The molecular formula is C22H19BrN2O2S. The van der Waals surface area contributed by atoms with Crippen LogP contribution in [0.5, 0.6) is 0 Å². The Morgan fingerprint density at radius 3 is 2.71 bits per heavy atom. The summed E-state index contributed by atoms with van der Waals surface area (Å²) in [6.07, 6.45) is 0. The number of carbonyl (C=O) groups is 1. The van der Waals surface area contributed by atoms with Crippen LogP contribution in [0.3, 0.4) is 0 Å². The summed E-state index contributed by atoms with van der Waals surface area (Å²) in [7, 11) is 0. The molecule has 0 aliphatic carbocycles. The summed E-state index contributed by atoms with van der Waals surface area (Å²) >= 11 is 5.14. The minimum absolute atomic E-state index is 0.300. The fraction of sp³-hybridized carbons (Fsp3) is 0.182. The average Bonchev–Trinajstić information content (AvgIpc) is 3.11. The van der Waals surface area contributed by atoms with E-state index in [1.807, 2.05) is 56.3 Å². The number of esters is 1. The van der Waals surface area contributed by atoms with E-state index >= 15 is 0 Å². The number of nitrogens with zero attached hydrogens (tertiary/aromatic N) is 2. The first-order valence-corrected chi connectivity index (χ1v) is 10.7. The van der Waals surface area contributed by atoms with E-state index in [0.29, 0.717) is 17.9 Å². The lowest BCUT2D eigenvalue weighted by atomic mass is 9.93.